The maximum absolute atomic E-state index is 12.7. The molecule has 0 aliphatic heterocycles. The van der Waals surface area contributed by atoms with Gasteiger partial charge >= 0.3 is 0 Å². The number of amides is 1. The summed E-state index contributed by atoms with van der Waals surface area (Å²) in [5.41, 5.74) is 5.01. The summed E-state index contributed by atoms with van der Waals surface area (Å²) >= 11 is 11.7. The summed E-state index contributed by atoms with van der Waals surface area (Å²) in [6.07, 6.45) is 0. The molecule has 1 amide bonds. The van der Waals surface area contributed by atoms with Gasteiger partial charge in [-0.1, -0.05) is 41.4 Å². The highest BCUT2D eigenvalue weighted by atomic mass is 35.5. The fourth-order valence-corrected chi connectivity index (χ4v) is 3.66. The van der Waals surface area contributed by atoms with Crippen molar-refractivity contribution >= 4 is 51.6 Å². The van der Waals surface area contributed by atoms with Gasteiger partial charge in [0.2, 0.25) is 0 Å². The van der Waals surface area contributed by atoms with E-state index in [4.69, 9.17) is 28.6 Å². The van der Waals surface area contributed by atoms with E-state index in [2.05, 4.69) is 20.8 Å². The first kappa shape index (κ1) is 21.7. The quantitative estimate of drug-likeness (QED) is 0.420. The summed E-state index contributed by atoms with van der Waals surface area (Å²) in [6, 6.07) is 16.6. The molecule has 2 N–H and O–H groups in total. The molecule has 9 heteroatoms. The van der Waals surface area contributed by atoms with Crippen molar-refractivity contribution in [2.45, 2.75) is 13.8 Å². The number of rotatable bonds is 4. The zero-order valence-corrected chi connectivity index (χ0v) is 19.2. The Hall–Kier alpha value is -3.49. The lowest BCUT2D eigenvalue weighted by atomic mass is 10.1. The molecular formula is C23H20ClN5O2S. The second-order valence-corrected chi connectivity index (χ2v) is 8.03. The van der Waals surface area contributed by atoms with Crippen molar-refractivity contribution in [3.63, 3.8) is 0 Å². The van der Waals surface area contributed by atoms with Crippen LogP contribution in [-0.2, 0) is 0 Å². The molecule has 1 aromatic heterocycles. The van der Waals surface area contributed by atoms with E-state index < -0.39 is 0 Å². The van der Waals surface area contributed by atoms with E-state index in [0.717, 1.165) is 16.8 Å². The fraction of sp³-hybridized carbons (Fsp3) is 0.130. The number of benzene rings is 3. The van der Waals surface area contributed by atoms with Crippen LogP contribution in [0.4, 0.5) is 5.69 Å². The molecule has 0 unspecified atom stereocenters. The molecule has 1 heterocycles. The smallest absolute Gasteiger partial charge is 0.261 e. The van der Waals surface area contributed by atoms with Crippen molar-refractivity contribution < 1.29 is 9.53 Å². The van der Waals surface area contributed by atoms with Gasteiger partial charge < -0.3 is 10.1 Å². The van der Waals surface area contributed by atoms with Crippen LogP contribution in [0.2, 0.25) is 5.02 Å². The van der Waals surface area contributed by atoms with Gasteiger partial charge in [0, 0.05) is 0 Å². The third-order valence-electron chi connectivity index (χ3n) is 4.87. The van der Waals surface area contributed by atoms with E-state index in [1.807, 2.05) is 44.2 Å². The molecule has 0 saturated heterocycles. The number of carbonyl (C=O) groups is 1. The predicted octanol–water partition coefficient (Wildman–Crippen LogP) is 4.83. The number of nitrogens with zero attached hydrogens (tertiary/aromatic N) is 3. The average Bonchev–Trinajstić information content (AvgIpc) is 3.16. The number of fused-ring (bicyclic) bond motifs is 1. The van der Waals surface area contributed by atoms with Crippen LogP contribution in [0.1, 0.15) is 21.5 Å². The van der Waals surface area contributed by atoms with E-state index in [1.165, 1.54) is 7.11 Å². The zero-order valence-electron chi connectivity index (χ0n) is 17.6. The van der Waals surface area contributed by atoms with Crippen molar-refractivity contribution in [1.29, 1.82) is 0 Å². The molecule has 32 heavy (non-hydrogen) atoms. The fourth-order valence-electron chi connectivity index (χ4n) is 3.25. The third-order valence-corrected chi connectivity index (χ3v) is 5.39. The molecule has 0 saturated carbocycles. The summed E-state index contributed by atoms with van der Waals surface area (Å²) in [7, 11) is 1.52. The average molecular weight is 466 g/mol. The monoisotopic (exact) mass is 465 g/mol. The van der Waals surface area contributed by atoms with Crippen LogP contribution in [0.25, 0.3) is 16.7 Å². The number of aryl methyl sites for hydroxylation is 2. The lowest BCUT2D eigenvalue weighted by molar-refractivity contribution is 0.0974. The van der Waals surface area contributed by atoms with Crippen LogP contribution in [0.3, 0.4) is 0 Å². The Bertz CT molecular complexity index is 1330. The van der Waals surface area contributed by atoms with Crippen LogP contribution in [0.15, 0.2) is 54.6 Å². The normalized spacial score (nSPS) is 10.8. The molecule has 0 aliphatic rings. The standard InChI is InChI=1S/C23H20ClN5O2S/c1-13-7-9-15(10-8-13)29-27-19-11-17(24)18(12-20(19)28-29)25-23(32)26-22(30)16-6-4-5-14(2)21(16)31-3/h4-12H,1-3H3,(H2,25,26,30,32). The van der Waals surface area contributed by atoms with E-state index in [-0.39, 0.29) is 11.0 Å². The number of thiocarbonyl (C=S) groups is 1. The Balaban J connectivity index is 1.54. The number of aromatic nitrogens is 3. The van der Waals surface area contributed by atoms with E-state index >= 15 is 0 Å². The predicted molar refractivity (Wildman–Crippen MR) is 130 cm³/mol. The lowest BCUT2D eigenvalue weighted by Gasteiger charge is -2.13. The van der Waals surface area contributed by atoms with Crippen molar-refractivity contribution in [3.05, 3.63) is 76.3 Å². The topological polar surface area (TPSA) is 81.1 Å². The van der Waals surface area contributed by atoms with Gasteiger partial charge in [-0.05, 0) is 62.0 Å². The molecule has 4 aromatic rings. The third kappa shape index (κ3) is 4.42. The number of ether oxygens (including phenoxy) is 1. The van der Waals surface area contributed by atoms with Gasteiger partial charge in [0.1, 0.15) is 16.8 Å². The van der Waals surface area contributed by atoms with Gasteiger partial charge in [-0.15, -0.1) is 10.2 Å². The van der Waals surface area contributed by atoms with Crippen molar-refractivity contribution in [2.24, 2.45) is 0 Å². The number of carbonyl (C=O) groups excluding carboxylic acids is 1. The molecule has 0 fully saturated rings. The highest BCUT2D eigenvalue weighted by molar-refractivity contribution is 7.80. The number of halogens is 1. The molecule has 0 bridgehead atoms. The number of anilines is 1. The SMILES string of the molecule is COc1c(C)cccc1C(=O)NC(=S)Nc1cc2nn(-c3ccc(C)cc3)nc2cc1Cl. The van der Waals surface area contributed by atoms with Gasteiger partial charge in [0.05, 0.1) is 29.1 Å². The Morgan fingerprint density at radius 3 is 2.44 bits per heavy atom. The maximum Gasteiger partial charge on any atom is 0.261 e. The first-order valence-electron chi connectivity index (χ1n) is 9.75. The maximum atomic E-state index is 12.7. The zero-order chi connectivity index (χ0) is 22.8. The molecule has 4 rings (SSSR count). The molecule has 0 radical (unpaired) electrons. The molecule has 0 aliphatic carbocycles. The summed E-state index contributed by atoms with van der Waals surface area (Å²) in [6.45, 7) is 3.89. The molecule has 0 atom stereocenters. The number of hydrogen-bond donors (Lipinski definition) is 2. The number of hydrogen-bond acceptors (Lipinski definition) is 5. The van der Waals surface area contributed by atoms with Crippen molar-refractivity contribution in [1.82, 2.24) is 20.3 Å². The van der Waals surface area contributed by atoms with Crippen LogP contribution in [-0.4, -0.2) is 33.1 Å². The van der Waals surface area contributed by atoms with Gasteiger partial charge in [0.15, 0.2) is 5.11 Å². The second-order valence-electron chi connectivity index (χ2n) is 7.21. The first-order valence-corrected chi connectivity index (χ1v) is 10.5. The van der Waals surface area contributed by atoms with Crippen LogP contribution in [0.5, 0.6) is 5.75 Å². The van der Waals surface area contributed by atoms with Gasteiger partial charge in [-0.25, -0.2) is 0 Å². The largest absolute Gasteiger partial charge is 0.496 e. The van der Waals surface area contributed by atoms with E-state index in [1.54, 1.807) is 29.1 Å². The van der Waals surface area contributed by atoms with Crippen molar-refractivity contribution in [2.75, 3.05) is 12.4 Å². The highest BCUT2D eigenvalue weighted by Crippen LogP contribution is 2.27. The molecule has 162 valence electrons. The van der Waals surface area contributed by atoms with E-state index in [9.17, 15) is 4.79 Å². The number of nitrogens with one attached hydrogen (secondary N) is 2. The number of para-hydroxylation sites is 1. The summed E-state index contributed by atoms with van der Waals surface area (Å²) in [5, 5.41) is 15.1. The molecule has 0 spiro atoms. The Kier molecular flexibility index (Phi) is 6.07. The van der Waals surface area contributed by atoms with Gasteiger partial charge in [0.25, 0.3) is 5.91 Å². The Labute approximate surface area is 195 Å². The summed E-state index contributed by atoms with van der Waals surface area (Å²) in [5.74, 6) is 0.116. The Morgan fingerprint density at radius 2 is 1.75 bits per heavy atom. The van der Waals surface area contributed by atoms with E-state index in [0.29, 0.717) is 33.1 Å². The lowest BCUT2D eigenvalue weighted by Crippen LogP contribution is -2.34. The van der Waals surface area contributed by atoms with Crippen LogP contribution in [0, 0.1) is 13.8 Å². The number of methoxy groups -OCH3 is 1. The Morgan fingerprint density at radius 1 is 1.06 bits per heavy atom. The minimum absolute atomic E-state index is 0.103. The minimum Gasteiger partial charge on any atom is -0.496 e. The summed E-state index contributed by atoms with van der Waals surface area (Å²) < 4.78 is 5.35. The van der Waals surface area contributed by atoms with Gasteiger partial charge in [-0.3, -0.25) is 10.1 Å². The second kappa shape index (κ2) is 8.94. The first-order chi connectivity index (χ1) is 15.4. The molecule has 7 nitrogen and oxygen atoms in total. The van der Waals surface area contributed by atoms with Crippen LogP contribution >= 0.6 is 23.8 Å². The summed E-state index contributed by atoms with van der Waals surface area (Å²) in [4.78, 5) is 14.2. The minimum atomic E-state index is -0.384. The van der Waals surface area contributed by atoms with Crippen molar-refractivity contribution in [3.8, 4) is 11.4 Å². The molecule has 3 aromatic carbocycles. The highest BCUT2D eigenvalue weighted by Gasteiger charge is 2.16. The van der Waals surface area contributed by atoms with Crippen LogP contribution < -0.4 is 15.4 Å². The molecular weight excluding hydrogens is 446 g/mol. The van der Waals surface area contributed by atoms with Gasteiger partial charge in [-0.2, -0.15) is 4.80 Å².